The van der Waals surface area contributed by atoms with Crippen LogP contribution in [0, 0.1) is 6.92 Å². The van der Waals surface area contributed by atoms with Gasteiger partial charge in [0.2, 0.25) is 10.0 Å². The summed E-state index contributed by atoms with van der Waals surface area (Å²) in [4.78, 5) is 0.193. The molecule has 1 saturated carbocycles. The van der Waals surface area contributed by atoms with Gasteiger partial charge in [0.1, 0.15) is 4.90 Å². The Morgan fingerprint density at radius 3 is 2.73 bits per heavy atom. The van der Waals surface area contributed by atoms with Crippen LogP contribution in [0.1, 0.15) is 18.5 Å². The minimum atomic E-state index is -3.48. The molecule has 0 amide bonds. The van der Waals surface area contributed by atoms with Crippen molar-refractivity contribution in [3.8, 4) is 0 Å². The molecule has 0 radical (unpaired) electrons. The summed E-state index contributed by atoms with van der Waals surface area (Å²) in [6.07, 6.45) is 2.90. The molecule has 0 spiro atoms. The highest BCUT2D eigenvalue weighted by Gasteiger charge is 2.45. The molecular formula is C8H12ClN3O2S. The Labute approximate surface area is 93.3 Å². The van der Waals surface area contributed by atoms with Crippen molar-refractivity contribution in [2.75, 3.05) is 5.88 Å². The van der Waals surface area contributed by atoms with E-state index < -0.39 is 15.6 Å². The van der Waals surface area contributed by atoms with Crippen molar-refractivity contribution in [2.45, 2.75) is 30.2 Å². The standard InChI is InChI=1S/C8H12ClN3O2S/c1-6-7(4-10-11-6)15(13,14)12-8(5-9)2-3-8/h4,12H,2-3,5H2,1H3,(H,10,11). The summed E-state index contributed by atoms with van der Waals surface area (Å²) in [5, 5.41) is 6.28. The molecular weight excluding hydrogens is 238 g/mol. The lowest BCUT2D eigenvalue weighted by Gasteiger charge is -2.13. The average molecular weight is 250 g/mol. The summed E-state index contributed by atoms with van der Waals surface area (Å²) in [6, 6.07) is 0. The maximum atomic E-state index is 11.9. The van der Waals surface area contributed by atoms with Crippen molar-refractivity contribution in [3.63, 3.8) is 0 Å². The van der Waals surface area contributed by atoms with Crippen LogP contribution in [-0.2, 0) is 10.0 Å². The van der Waals surface area contributed by atoms with Gasteiger partial charge in [0, 0.05) is 11.4 Å². The highest BCUT2D eigenvalue weighted by atomic mass is 35.5. The molecule has 1 aliphatic rings. The maximum Gasteiger partial charge on any atom is 0.244 e. The molecule has 2 rings (SSSR count). The van der Waals surface area contributed by atoms with Gasteiger partial charge in [0.15, 0.2) is 0 Å². The van der Waals surface area contributed by atoms with Gasteiger partial charge in [-0.25, -0.2) is 13.1 Å². The number of hydrogen-bond acceptors (Lipinski definition) is 3. The van der Waals surface area contributed by atoms with Gasteiger partial charge in [-0.05, 0) is 19.8 Å². The largest absolute Gasteiger partial charge is 0.281 e. The van der Waals surface area contributed by atoms with Crippen LogP contribution in [0.2, 0.25) is 0 Å². The van der Waals surface area contributed by atoms with E-state index in [2.05, 4.69) is 14.9 Å². The number of H-pyrrole nitrogens is 1. The SMILES string of the molecule is Cc1[nH]ncc1S(=O)(=O)NC1(CCl)CC1. The van der Waals surface area contributed by atoms with Crippen molar-refractivity contribution in [2.24, 2.45) is 0 Å². The molecule has 7 heteroatoms. The lowest BCUT2D eigenvalue weighted by atomic mass is 10.4. The van der Waals surface area contributed by atoms with Crippen molar-refractivity contribution in [3.05, 3.63) is 11.9 Å². The molecule has 1 fully saturated rings. The zero-order valence-electron chi connectivity index (χ0n) is 8.25. The summed E-state index contributed by atoms with van der Waals surface area (Å²) >= 11 is 5.71. The highest BCUT2D eigenvalue weighted by Crippen LogP contribution is 2.37. The first kappa shape index (κ1) is 10.9. The van der Waals surface area contributed by atoms with E-state index in [1.54, 1.807) is 6.92 Å². The molecule has 84 valence electrons. The minimum absolute atomic E-state index is 0.193. The van der Waals surface area contributed by atoms with E-state index in [4.69, 9.17) is 11.6 Å². The number of alkyl halides is 1. The average Bonchev–Trinajstić information content (AvgIpc) is 2.78. The number of nitrogens with zero attached hydrogens (tertiary/aromatic N) is 1. The van der Waals surface area contributed by atoms with E-state index in [0.717, 1.165) is 12.8 Å². The monoisotopic (exact) mass is 249 g/mol. The van der Waals surface area contributed by atoms with E-state index in [1.807, 2.05) is 0 Å². The summed E-state index contributed by atoms with van der Waals surface area (Å²) in [7, 11) is -3.48. The Morgan fingerprint density at radius 2 is 2.33 bits per heavy atom. The quantitative estimate of drug-likeness (QED) is 0.774. The van der Waals surface area contributed by atoms with Gasteiger partial charge in [-0.2, -0.15) is 5.10 Å². The maximum absolute atomic E-state index is 11.9. The topological polar surface area (TPSA) is 74.8 Å². The number of rotatable bonds is 4. The van der Waals surface area contributed by atoms with Crippen LogP contribution in [0.5, 0.6) is 0 Å². The number of aromatic amines is 1. The van der Waals surface area contributed by atoms with Crippen LogP contribution in [0.25, 0.3) is 0 Å². The predicted octanol–water partition coefficient (Wildman–Crippen LogP) is 0.768. The van der Waals surface area contributed by atoms with Gasteiger partial charge in [-0.15, -0.1) is 11.6 Å². The lowest BCUT2D eigenvalue weighted by molar-refractivity contribution is 0.559. The third-order valence-corrected chi connectivity index (χ3v) is 4.74. The van der Waals surface area contributed by atoms with E-state index in [-0.39, 0.29) is 4.90 Å². The molecule has 1 aromatic heterocycles. The number of nitrogens with one attached hydrogen (secondary N) is 2. The van der Waals surface area contributed by atoms with Crippen molar-refractivity contribution >= 4 is 21.6 Å². The van der Waals surface area contributed by atoms with Crippen LogP contribution >= 0.6 is 11.6 Å². The summed E-state index contributed by atoms with van der Waals surface area (Å²) in [6.45, 7) is 1.67. The molecule has 0 saturated heterocycles. The third kappa shape index (κ3) is 2.02. The van der Waals surface area contributed by atoms with Gasteiger partial charge in [0.25, 0.3) is 0 Å². The fourth-order valence-electron chi connectivity index (χ4n) is 1.36. The first-order valence-corrected chi connectivity index (χ1v) is 6.61. The van der Waals surface area contributed by atoms with Gasteiger partial charge < -0.3 is 0 Å². The third-order valence-electron chi connectivity index (χ3n) is 2.53. The van der Waals surface area contributed by atoms with E-state index in [0.29, 0.717) is 11.6 Å². The second-order valence-corrected chi connectivity index (χ2v) is 5.80. The Bertz CT molecular complexity index is 464. The number of hydrogen-bond donors (Lipinski definition) is 2. The molecule has 1 heterocycles. The molecule has 0 aromatic carbocycles. The Morgan fingerprint density at radius 1 is 1.67 bits per heavy atom. The van der Waals surface area contributed by atoms with Gasteiger partial charge in [-0.1, -0.05) is 0 Å². The van der Waals surface area contributed by atoms with E-state index >= 15 is 0 Å². The smallest absolute Gasteiger partial charge is 0.244 e. The molecule has 15 heavy (non-hydrogen) atoms. The van der Waals surface area contributed by atoms with E-state index in [9.17, 15) is 8.42 Å². The molecule has 0 aliphatic heterocycles. The van der Waals surface area contributed by atoms with E-state index in [1.165, 1.54) is 6.20 Å². The summed E-state index contributed by atoms with van der Waals surface area (Å²) < 4.78 is 26.4. The second-order valence-electron chi connectivity index (χ2n) is 3.88. The highest BCUT2D eigenvalue weighted by molar-refractivity contribution is 7.89. The van der Waals surface area contributed by atoms with Crippen molar-refractivity contribution in [1.29, 1.82) is 0 Å². The molecule has 1 aromatic rings. The zero-order valence-corrected chi connectivity index (χ0v) is 9.82. The number of aromatic nitrogens is 2. The predicted molar refractivity (Wildman–Crippen MR) is 56.3 cm³/mol. The Kier molecular flexibility index (Phi) is 2.52. The van der Waals surface area contributed by atoms with Crippen LogP contribution in [0.4, 0.5) is 0 Å². The first-order chi connectivity index (χ1) is 6.99. The van der Waals surface area contributed by atoms with Crippen LogP contribution in [0.15, 0.2) is 11.1 Å². The second kappa shape index (κ2) is 3.47. The fourth-order valence-corrected chi connectivity index (χ4v) is 3.37. The van der Waals surface area contributed by atoms with Crippen molar-refractivity contribution < 1.29 is 8.42 Å². The Balaban J connectivity index is 2.25. The molecule has 0 atom stereocenters. The minimum Gasteiger partial charge on any atom is -0.281 e. The number of sulfonamides is 1. The van der Waals surface area contributed by atoms with Gasteiger partial charge in [0.05, 0.1) is 11.9 Å². The molecule has 2 N–H and O–H groups in total. The van der Waals surface area contributed by atoms with Crippen LogP contribution < -0.4 is 4.72 Å². The summed E-state index contributed by atoms with van der Waals surface area (Å²) in [5.74, 6) is 0.309. The summed E-state index contributed by atoms with van der Waals surface area (Å²) in [5.41, 5.74) is 0.109. The number of halogens is 1. The molecule has 1 aliphatic carbocycles. The zero-order chi connectivity index (χ0) is 11.1. The Hall–Kier alpha value is -0.590. The van der Waals surface area contributed by atoms with Crippen molar-refractivity contribution in [1.82, 2.24) is 14.9 Å². The molecule has 0 bridgehead atoms. The first-order valence-electron chi connectivity index (χ1n) is 4.59. The lowest BCUT2D eigenvalue weighted by Crippen LogP contribution is -2.38. The fraction of sp³-hybridized carbons (Fsp3) is 0.625. The number of aryl methyl sites for hydroxylation is 1. The molecule has 5 nitrogen and oxygen atoms in total. The normalized spacial score (nSPS) is 19.1. The van der Waals surface area contributed by atoms with Crippen LogP contribution in [0.3, 0.4) is 0 Å². The van der Waals surface area contributed by atoms with Gasteiger partial charge >= 0.3 is 0 Å². The van der Waals surface area contributed by atoms with Gasteiger partial charge in [-0.3, -0.25) is 5.10 Å². The van der Waals surface area contributed by atoms with Crippen LogP contribution in [-0.4, -0.2) is 30.0 Å². The molecule has 0 unspecified atom stereocenters.